The molecule has 6 rings (SSSR count). The molecular weight excluding hydrogens is 707 g/mol. The number of phosphoric acid groups is 1. The molecule has 1 N–H and O–H groups in total. The molecule has 5 aliphatic rings. The van der Waals surface area contributed by atoms with Gasteiger partial charge < -0.3 is 4.74 Å². The molecule has 2 heterocycles. The highest BCUT2D eigenvalue weighted by molar-refractivity contribution is 7.48. The molecule has 13 nitrogen and oxygen atoms in total. The van der Waals surface area contributed by atoms with E-state index >= 15 is 0 Å². The molecule has 0 radical (unpaired) electrons. The molecular formula is C40H61N6O7P. The maximum Gasteiger partial charge on any atom is 0.475 e. The highest BCUT2D eigenvalue weighted by Crippen LogP contribution is 2.68. The van der Waals surface area contributed by atoms with Gasteiger partial charge in [0, 0.05) is 23.1 Å². The van der Waals surface area contributed by atoms with E-state index in [9.17, 15) is 24.9 Å². The number of aromatic amines is 1. The predicted molar refractivity (Wildman–Crippen MR) is 205 cm³/mol. The van der Waals surface area contributed by atoms with Gasteiger partial charge in [-0.3, -0.25) is 27.9 Å². The van der Waals surface area contributed by atoms with Crippen LogP contribution in [0.2, 0.25) is 0 Å². The van der Waals surface area contributed by atoms with Crippen molar-refractivity contribution in [2.24, 2.45) is 51.5 Å². The van der Waals surface area contributed by atoms with Crippen molar-refractivity contribution in [2.45, 2.75) is 149 Å². The molecule has 0 bridgehead atoms. The third-order valence-electron chi connectivity index (χ3n) is 14.3. The lowest BCUT2D eigenvalue weighted by atomic mass is 9.47. The minimum Gasteiger partial charge on any atom is -0.352 e. The molecule has 1 aromatic rings. The molecule has 1 saturated heterocycles. The van der Waals surface area contributed by atoms with Crippen LogP contribution in [0.5, 0.6) is 0 Å². The van der Waals surface area contributed by atoms with Gasteiger partial charge in [-0.15, -0.1) is 0 Å². The Bertz CT molecular complexity index is 1800. The molecule has 54 heavy (non-hydrogen) atoms. The van der Waals surface area contributed by atoms with E-state index in [-0.39, 0.29) is 31.5 Å². The van der Waals surface area contributed by atoms with E-state index in [2.05, 4.69) is 55.7 Å². The van der Waals surface area contributed by atoms with E-state index in [0.29, 0.717) is 35.7 Å². The number of hydrogen-bond donors (Lipinski definition) is 1. The number of nitrogens with zero attached hydrogens (tertiary/aromatic N) is 5. The maximum absolute atomic E-state index is 14.2. The maximum atomic E-state index is 14.2. The van der Waals surface area contributed by atoms with E-state index in [4.69, 9.17) is 18.3 Å². The summed E-state index contributed by atoms with van der Waals surface area (Å²) < 4.78 is 39.4. The van der Waals surface area contributed by atoms with E-state index < -0.39 is 43.5 Å². The Morgan fingerprint density at radius 3 is 2.69 bits per heavy atom. The van der Waals surface area contributed by atoms with Crippen LogP contribution in [0.3, 0.4) is 0 Å². The Morgan fingerprint density at radius 1 is 1.15 bits per heavy atom. The Morgan fingerprint density at radius 2 is 1.94 bits per heavy atom. The van der Waals surface area contributed by atoms with E-state index in [1.165, 1.54) is 61.3 Å². The quantitative estimate of drug-likeness (QED) is 0.0457. The lowest BCUT2D eigenvalue weighted by Gasteiger charge is -2.58. The molecule has 4 fully saturated rings. The summed E-state index contributed by atoms with van der Waals surface area (Å²) in [6.45, 7) is 13.4. The van der Waals surface area contributed by atoms with Crippen LogP contribution < -0.4 is 11.2 Å². The van der Waals surface area contributed by atoms with Crippen LogP contribution in [0, 0.1) is 64.6 Å². The number of hydrogen-bond acceptors (Lipinski definition) is 9. The summed E-state index contributed by atoms with van der Waals surface area (Å²) in [6, 6.07) is 1.26. The van der Waals surface area contributed by atoms with Gasteiger partial charge in [0.1, 0.15) is 6.23 Å². The summed E-state index contributed by atoms with van der Waals surface area (Å²) in [4.78, 5) is 29.7. The van der Waals surface area contributed by atoms with Gasteiger partial charge in [-0.25, -0.2) is 9.36 Å². The minimum atomic E-state index is -4.19. The number of rotatable bonds is 15. The van der Waals surface area contributed by atoms with E-state index in [0.717, 1.165) is 36.5 Å². The molecule has 0 aromatic carbocycles. The molecule has 0 spiro atoms. The van der Waals surface area contributed by atoms with Crippen molar-refractivity contribution >= 4 is 7.82 Å². The van der Waals surface area contributed by atoms with Gasteiger partial charge in [0.2, 0.25) is 0 Å². The molecule has 12 atom stereocenters. The number of H-pyrrole nitrogens is 1. The number of allylic oxidation sites excluding steroid dienone is 1. The molecule has 14 heteroatoms. The smallest absolute Gasteiger partial charge is 0.352 e. The zero-order valence-electron chi connectivity index (χ0n) is 33.1. The first-order valence-electron chi connectivity index (χ1n) is 20.4. The molecule has 1 aromatic heterocycles. The van der Waals surface area contributed by atoms with Crippen molar-refractivity contribution in [3.8, 4) is 6.07 Å². The first kappa shape index (κ1) is 40.9. The number of ether oxygens (including phenoxy) is 1. The predicted octanol–water partition coefficient (Wildman–Crippen LogP) is 9.29. The third kappa shape index (κ3) is 8.36. The Hall–Kier alpha value is -2.71. The summed E-state index contributed by atoms with van der Waals surface area (Å²) in [5.74, 6) is 4.45. The van der Waals surface area contributed by atoms with Crippen LogP contribution >= 0.6 is 7.82 Å². The monoisotopic (exact) mass is 768 g/mol. The van der Waals surface area contributed by atoms with Crippen molar-refractivity contribution in [3.63, 3.8) is 0 Å². The summed E-state index contributed by atoms with van der Waals surface area (Å²) in [6.07, 6.45) is 14.5. The number of aromatic nitrogens is 2. The van der Waals surface area contributed by atoms with Gasteiger partial charge >= 0.3 is 13.5 Å². The van der Waals surface area contributed by atoms with Crippen molar-refractivity contribution in [2.75, 3.05) is 13.2 Å². The first-order valence-corrected chi connectivity index (χ1v) is 21.8. The fourth-order valence-corrected chi connectivity index (χ4v) is 12.8. The number of nitriles is 1. The molecule has 298 valence electrons. The summed E-state index contributed by atoms with van der Waals surface area (Å²) in [7, 11) is -4.19. The average molecular weight is 769 g/mol. The van der Waals surface area contributed by atoms with Gasteiger partial charge in [-0.1, -0.05) is 70.6 Å². The normalized spacial score (nSPS) is 36.2. The number of aryl methyl sites for hydroxylation is 1. The van der Waals surface area contributed by atoms with Crippen LogP contribution in [0.1, 0.15) is 130 Å². The molecule has 2 unspecified atom stereocenters. The average Bonchev–Trinajstić information content (AvgIpc) is 3.69. The highest BCUT2D eigenvalue weighted by Gasteiger charge is 2.59. The Balaban J connectivity index is 1.12. The molecule has 3 saturated carbocycles. The fraction of sp³-hybridized carbons (Fsp3) is 0.825. The van der Waals surface area contributed by atoms with E-state index in [1.807, 2.05) is 6.07 Å². The lowest BCUT2D eigenvalue weighted by Crippen LogP contribution is -2.51. The summed E-state index contributed by atoms with van der Waals surface area (Å²) in [5.41, 5.74) is 10.3. The largest absolute Gasteiger partial charge is 0.475 e. The second-order valence-electron chi connectivity index (χ2n) is 17.9. The van der Waals surface area contributed by atoms with Crippen LogP contribution in [0.15, 0.2) is 32.5 Å². The molecule has 4 aliphatic carbocycles. The second-order valence-corrected chi connectivity index (χ2v) is 19.5. The second kappa shape index (κ2) is 16.8. The van der Waals surface area contributed by atoms with Crippen molar-refractivity contribution < 1.29 is 22.9 Å². The number of phosphoric ester groups is 1. The first-order chi connectivity index (χ1) is 25.7. The standard InChI is InChI=1S/C40H61N6O7P/c1-25(2)9-7-10-26(3)31-13-14-32-30-12-11-28-21-29(15-17-39(28,5)33(30)16-18-40(31,32)6)53-54(49,50-20-8-19-41)51-24-35-34(44-45-42)22-36(52-35)46-23-27(4)37(47)43-38(46)48/h11,23,25-26,29-36H,7-10,12-18,20-22,24H2,1-6H3,(H,43,47,48)/t26-,29+,30+,31?,32+,33+,34+,35-,36-,39+,40-,54?/m1/s1. The van der Waals surface area contributed by atoms with Crippen molar-refractivity contribution in [1.29, 1.82) is 5.26 Å². The Labute approximate surface area is 319 Å². The van der Waals surface area contributed by atoms with E-state index in [1.54, 1.807) is 6.92 Å². The lowest BCUT2D eigenvalue weighted by molar-refractivity contribution is -0.0595. The van der Waals surface area contributed by atoms with Crippen LogP contribution in [0.4, 0.5) is 0 Å². The zero-order chi connectivity index (χ0) is 38.8. The van der Waals surface area contributed by atoms with Gasteiger partial charge in [-0.2, -0.15) is 5.26 Å². The topological polar surface area (TPSA) is 181 Å². The van der Waals surface area contributed by atoms with Crippen molar-refractivity contribution in [1.82, 2.24) is 9.55 Å². The van der Waals surface area contributed by atoms with Gasteiger partial charge in [0.05, 0.1) is 44.0 Å². The minimum absolute atomic E-state index is 0.00314. The summed E-state index contributed by atoms with van der Waals surface area (Å²) >= 11 is 0. The van der Waals surface area contributed by atoms with Crippen LogP contribution in [-0.2, 0) is 22.9 Å². The van der Waals surface area contributed by atoms with Crippen LogP contribution in [-0.4, -0.2) is 41.0 Å². The van der Waals surface area contributed by atoms with Gasteiger partial charge in [0.15, 0.2) is 0 Å². The molecule has 0 amide bonds. The number of nitrogens with one attached hydrogen (secondary N) is 1. The molecule has 1 aliphatic heterocycles. The van der Waals surface area contributed by atoms with Crippen molar-refractivity contribution in [3.05, 3.63) is 54.7 Å². The SMILES string of the molecule is Cc1cn([C@H]2C[C@H](N=[N+]=[N-])[C@@H](COP(=O)(OCCC#N)O[C@H]3CC[C@@]4(C)C(=CC[C@@H]5[C@@H]4CC[C@]4(C)C([C@H](C)CCCC(C)C)CC[C@@H]54)C3)O2)c(=O)[nH]c1=O. The summed E-state index contributed by atoms with van der Waals surface area (Å²) in [5, 5.41) is 13.0. The fourth-order valence-electron chi connectivity index (χ4n) is 11.4. The highest BCUT2D eigenvalue weighted by atomic mass is 31.2. The van der Waals surface area contributed by atoms with Gasteiger partial charge in [0.25, 0.3) is 5.56 Å². The number of fused-ring (bicyclic) bond motifs is 5. The number of azide groups is 1. The Kier molecular flexibility index (Phi) is 12.7. The van der Waals surface area contributed by atoms with Gasteiger partial charge in [-0.05, 0) is 110 Å². The third-order valence-corrected chi connectivity index (χ3v) is 15.8. The zero-order valence-corrected chi connectivity index (χ0v) is 34.0. The van der Waals surface area contributed by atoms with Crippen LogP contribution in [0.25, 0.3) is 10.4 Å².